The van der Waals surface area contributed by atoms with E-state index in [2.05, 4.69) is 22.0 Å². The van der Waals surface area contributed by atoms with Crippen LogP contribution < -0.4 is 10.6 Å². The highest BCUT2D eigenvalue weighted by Gasteiger charge is 2.32. The number of hydrogen-bond acceptors (Lipinski definition) is 4. The van der Waals surface area contributed by atoms with Crippen molar-refractivity contribution in [1.82, 2.24) is 10.2 Å². The Bertz CT molecular complexity index is 486. The summed E-state index contributed by atoms with van der Waals surface area (Å²) in [5, 5.41) is 8.79. The van der Waals surface area contributed by atoms with E-state index < -0.39 is 0 Å². The van der Waals surface area contributed by atoms with E-state index in [4.69, 9.17) is 5.73 Å². The molecular weight excluding hydrogens is 248 g/mol. The maximum Gasteiger partial charge on any atom is 0.156 e. The number of anilines is 1. The zero-order valence-corrected chi connectivity index (χ0v) is 12.7. The highest BCUT2D eigenvalue weighted by Crippen LogP contribution is 2.37. The van der Waals surface area contributed by atoms with E-state index in [0.717, 1.165) is 36.4 Å². The Morgan fingerprint density at radius 1 is 1.10 bits per heavy atom. The van der Waals surface area contributed by atoms with E-state index in [1.54, 1.807) is 0 Å². The normalized spacial score (nSPS) is 26.4. The van der Waals surface area contributed by atoms with Crippen molar-refractivity contribution in [3.8, 4) is 0 Å². The van der Waals surface area contributed by atoms with E-state index in [1.165, 1.54) is 43.2 Å². The molecule has 0 amide bonds. The number of aryl methyl sites for hydroxylation is 1. The van der Waals surface area contributed by atoms with Gasteiger partial charge in [-0.25, -0.2) is 0 Å². The molecule has 1 saturated heterocycles. The van der Waals surface area contributed by atoms with Gasteiger partial charge in [0.05, 0.1) is 5.69 Å². The SMILES string of the molecule is Cc1nnc(N2CCC3CCCCC3C2)c(CN)c1C. The summed E-state index contributed by atoms with van der Waals surface area (Å²) in [5.41, 5.74) is 9.36. The molecule has 20 heavy (non-hydrogen) atoms. The van der Waals surface area contributed by atoms with Crippen LogP contribution in [0.1, 0.15) is 48.9 Å². The lowest BCUT2D eigenvalue weighted by Crippen LogP contribution is -2.43. The van der Waals surface area contributed by atoms with Crippen molar-refractivity contribution in [3.63, 3.8) is 0 Å². The van der Waals surface area contributed by atoms with E-state index in [9.17, 15) is 0 Å². The van der Waals surface area contributed by atoms with Gasteiger partial charge < -0.3 is 10.6 Å². The Balaban J connectivity index is 1.84. The molecule has 1 aliphatic heterocycles. The molecule has 0 aromatic carbocycles. The predicted octanol–water partition coefficient (Wildman–Crippen LogP) is 2.57. The fourth-order valence-corrected chi connectivity index (χ4v) is 3.94. The van der Waals surface area contributed by atoms with Gasteiger partial charge in [0, 0.05) is 25.2 Å². The van der Waals surface area contributed by atoms with Gasteiger partial charge in [0.15, 0.2) is 5.82 Å². The van der Waals surface area contributed by atoms with Crippen LogP contribution in [0.4, 0.5) is 5.82 Å². The number of rotatable bonds is 2. The molecular formula is C16H26N4. The van der Waals surface area contributed by atoms with Crippen molar-refractivity contribution in [2.24, 2.45) is 17.6 Å². The molecule has 1 aliphatic carbocycles. The first kappa shape index (κ1) is 13.8. The third kappa shape index (κ3) is 2.41. The number of aromatic nitrogens is 2. The van der Waals surface area contributed by atoms with Crippen molar-refractivity contribution in [3.05, 3.63) is 16.8 Å². The summed E-state index contributed by atoms with van der Waals surface area (Å²) in [6.45, 7) is 6.95. The maximum absolute atomic E-state index is 5.96. The molecule has 1 saturated carbocycles. The Hall–Kier alpha value is -1.16. The van der Waals surface area contributed by atoms with Crippen LogP contribution in [0, 0.1) is 25.7 Å². The van der Waals surface area contributed by atoms with Gasteiger partial charge in [-0.2, -0.15) is 5.10 Å². The van der Waals surface area contributed by atoms with Gasteiger partial charge in [-0.05, 0) is 44.1 Å². The number of nitrogens with zero attached hydrogens (tertiary/aromatic N) is 3. The maximum atomic E-state index is 5.96. The smallest absolute Gasteiger partial charge is 0.156 e. The molecule has 110 valence electrons. The van der Waals surface area contributed by atoms with Crippen molar-refractivity contribution in [1.29, 1.82) is 0 Å². The third-order valence-corrected chi connectivity index (χ3v) is 5.35. The second-order valence-electron chi connectivity index (χ2n) is 6.46. The van der Waals surface area contributed by atoms with Gasteiger partial charge in [-0.15, -0.1) is 5.10 Å². The van der Waals surface area contributed by atoms with E-state index >= 15 is 0 Å². The number of piperidine rings is 1. The Kier molecular flexibility index (Phi) is 3.92. The van der Waals surface area contributed by atoms with Crippen LogP contribution in [0.15, 0.2) is 0 Å². The zero-order chi connectivity index (χ0) is 14.1. The average Bonchev–Trinajstić information content (AvgIpc) is 2.49. The largest absolute Gasteiger partial charge is 0.355 e. The molecule has 1 aromatic heterocycles. The van der Waals surface area contributed by atoms with Crippen molar-refractivity contribution >= 4 is 5.82 Å². The quantitative estimate of drug-likeness (QED) is 0.900. The van der Waals surface area contributed by atoms with Crippen LogP contribution in [0.2, 0.25) is 0 Å². The van der Waals surface area contributed by atoms with Crippen LogP contribution in [0.25, 0.3) is 0 Å². The molecule has 2 unspecified atom stereocenters. The van der Waals surface area contributed by atoms with E-state index in [1.807, 2.05) is 6.92 Å². The lowest BCUT2D eigenvalue weighted by Gasteiger charge is -2.42. The summed E-state index contributed by atoms with van der Waals surface area (Å²) < 4.78 is 0. The van der Waals surface area contributed by atoms with Crippen LogP contribution in [-0.4, -0.2) is 23.3 Å². The van der Waals surface area contributed by atoms with E-state index in [0.29, 0.717) is 6.54 Å². The third-order valence-electron chi connectivity index (χ3n) is 5.35. The minimum Gasteiger partial charge on any atom is -0.355 e. The van der Waals surface area contributed by atoms with Crippen molar-refractivity contribution in [2.45, 2.75) is 52.5 Å². The molecule has 2 heterocycles. The monoisotopic (exact) mass is 274 g/mol. The first-order chi connectivity index (χ1) is 9.70. The number of hydrogen-bond donors (Lipinski definition) is 1. The van der Waals surface area contributed by atoms with Crippen LogP contribution in [-0.2, 0) is 6.54 Å². The summed E-state index contributed by atoms with van der Waals surface area (Å²) in [6.07, 6.45) is 6.96. The fraction of sp³-hybridized carbons (Fsp3) is 0.750. The van der Waals surface area contributed by atoms with Gasteiger partial charge in [0.25, 0.3) is 0 Å². The molecule has 1 aromatic rings. The summed E-state index contributed by atoms with van der Waals surface area (Å²) in [6, 6.07) is 0. The van der Waals surface area contributed by atoms with Crippen molar-refractivity contribution < 1.29 is 0 Å². The number of fused-ring (bicyclic) bond motifs is 1. The lowest BCUT2D eigenvalue weighted by molar-refractivity contribution is 0.202. The topological polar surface area (TPSA) is 55.0 Å². The summed E-state index contributed by atoms with van der Waals surface area (Å²) in [4.78, 5) is 2.44. The molecule has 0 spiro atoms. The summed E-state index contributed by atoms with van der Waals surface area (Å²) in [5.74, 6) is 2.84. The van der Waals surface area contributed by atoms with Gasteiger partial charge in [-0.1, -0.05) is 19.3 Å². The molecule has 0 radical (unpaired) electrons. The molecule has 4 heteroatoms. The molecule has 0 bridgehead atoms. The zero-order valence-electron chi connectivity index (χ0n) is 12.7. The average molecular weight is 274 g/mol. The Labute approximate surface area is 121 Å². The van der Waals surface area contributed by atoms with Crippen LogP contribution in [0.3, 0.4) is 0 Å². The van der Waals surface area contributed by atoms with Gasteiger partial charge in [0.2, 0.25) is 0 Å². The molecule has 2 N–H and O–H groups in total. The first-order valence-corrected chi connectivity index (χ1v) is 7.98. The molecule has 4 nitrogen and oxygen atoms in total. The van der Waals surface area contributed by atoms with Crippen LogP contribution in [0.5, 0.6) is 0 Å². The molecule has 3 rings (SSSR count). The Morgan fingerprint density at radius 2 is 1.85 bits per heavy atom. The minimum absolute atomic E-state index is 0.558. The second kappa shape index (κ2) is 5.68. The molecule has 2 aliphatic rings. The van der Waals surface area contributed by atoms with Crippen LogP contribution >= 0.6 is 0 Å². The summed E-state index contributed by atoms with van der Waals surface area (Å²) >= 11 is 0. The minimum atomic E-state index is 0.558. The molecule has 2 atom stereocenters. The van der Waals surface area contributed by atoms with Crippen molar-refractivity contribution in [2.75, 3.05) is 18.0 Å². The highest BCUT2D eigenvalue weighted by molar-refractivity contribution is 5.51. The van der Waals surface area contributed by atoms with Gasteiger partial charge >= 0.3 is 0 Å². The number of nitrogens with two attached hydrogens (primary N) is 1. The van der Waals surface area contributed by atoms with Gasteiger partial charge in [0.1, 0.15) is 0 Å². The fourth-order valence-electron chi connectivity index (χ4n) is 3.94. The Morgan fingerprint density at radius 3 is 2.60 bits per heavy atom. The van der Waals surface area contributed by atoms with E-state index in [-0.39, 0.29) is 0 Å². The second-order valence-corrected chi connectivity index (χ2v) is 6.46. The standard InChI is InChI=1S/C16H26N4/c1-11-12(2)18-19-16(15(11)9-17)20-8-7-13-5-3-4-6-14(13)10-20/h13-14H,3-10,17H2,1-2H3. The molecule has 2 fully saturated rings. The van der Waals surface area contributed by atoms with Gasteiger partial charge in [-0.3, -0.25) is 0 Å². The lowest BCUT2D eigenvalue weighted by atomic mass is 9.75. The highest BCUT2D eigenvalue weighted by atomic mass is 15.3. The summed E-state index contributed by atoms with van der Waals surface area (Å²) in [7, 11) is 0. The predicted molar refractivity (Wildman–Crippen MR) is 81.7 cm³/mol. The first-order valence-electron chi connectivity index (χ1n) is 7.98.